The Bertz CT molecular complexity index is 625. The molecule has 19 heavy (non-hydrogen) atoms. The van der Waals surface area contributed by atoms with Crippen molar-refractivity contribution >= 4 is 21.9 Å². The number of hydrogen-bond donors (Lipinski definition) is 1. The standard InChI is InChI=1S/C15H16BrN3/c1-9-11-7-6-10(8-14(11)19-15(17)18-9)12-4-2-3-5-13(12)16/h2-5,10H,6-8H2,1H3,(H2,17,18,19). The predicted octanol–water partition coefficient (Wildman–Crippen LogP) is 3.40. The summed E-state index contributed by atoms with van der Waals surface area (Å²) in [5, 5.41) is 0. The first-order chi connectivity index (χ1) is 9.15. The average molecular weight is 318 g/mol. The monoisotopic (exact) mass is 317 g/mol. The van der Waals surface area contributed by atoms with Gasteiger partial charge in [0.05, 0.1) is 5.69 Å². The molecule has 1 aromatic heterocycles. The first-order valence-electron chi connectivity index (χ1n) is 6.51. The quantitative estimate of drug-likeness (QED) is 0.877. The smallest absolute Gasteiger partial charge is 0.220 e. The van der Waals surface area contributed by atoms with Crippen LogP contribution in [0.1, 0.15) is 34.9 Å². The number of nitrogens with zero attached hydrogens (tertiary/aromatic N) is 2. The van der Waals surface area contributed by atoms with Gasteiger partial charge >= 0.3 is 0 Å². The number of anilines is 1. The van der Waals surface area contributed by atoms with E-state index in [4.69, 9.17) is 5.73 Å². The number of rotatable bonds is 1. The summed E-state index contributed by atoms with van der Waals surface area (Å²) in [4.78, 5) is 8.69. The minimum Gasteiger partial charge on any atom is -0.368 e. The Kier molecular flexibility index (Phi) is 3.27. The molecule has 98 valence electrons. The Hall–Kier alpha value is -1.42. The van der Waals surface area contributed by atoms with Crippen LogP contribution in [0, 0.1) is 6.92 Å². The van der Waals surface area contributed by atoms with Crippen LogP contribution in [-0.4, -0.2) is 9.97 Å². The van der Waals surface area contributed by atoms with Gasteiger partial charge in [0.25, 0.3) is 0 Å². The van der Waals surface area contributed by atoms with Crippen LogP contribution in [0.25, 0.3) is 0 Å². The van der Waals surface area contributed by atoms with Gasteiger partial charge in [-0.3, -0.25) is 0 Å². The maximum atomic E-state index is 5.77. The summed E-state index contributed by atoms with van der Waals surface area (Å²) in [5.41, 5.74) is 10.6. The van der Waals surface area contributed by atoms with Crippen molar-refractivity contribution in [2.45, 2.75) is 32.1 Å². The van der Waals surface area contributed by atoms with Crippen molar-refractivity contribution in [3.8, 4) is 0 Å². The van der Waals surface area contributed by atoms with Crippen molar-refractivity contribution in [2.24, 2.45) is 0 Å². The number of halogens is 1. The Morgan fingerprint density at radius 1 is 1.26 bits per heavy atom. The van der Waals surface area contributed by atoms with E-state index in [0.717, 1.165) is 30.7 Å². The minimum atomic E-state index is 0.393. The topological polar surface area (TPSA) is 51.8 Å². The van der Waals surface area contributed by atoms with Crippen LogP contribution in [0.5, 0.6) is 0 Å². The highest BCUT2D eigenvalue weighted by Gasteiger charge is 2.24. The highest BCUT2D eigenvalue weighted by Crippen LogP contribution is 2.36. The molecule has 3 nitrogen and oxygen atoms in total. The van der Waals surface area contributed by atoms with Crippen molar-refractivity contribution in [3.63, 3.8) is 0 Å². The molecule has 0 bridgehead atoms. The second-order valence-corrected chi connectivity index (χ2v) is 5.91. The fraction of sp³-hybridized carbons (Fsp3) is 0.333. The van der Waals surface area contributed by atoms with Gasteiger partial charge in [0.2, 0.25) is 5.95 Å². The van der Waals surface area contributed by atoms with Crippen LogP contribution in [0.2, 0.25) is 0 Å². The Balaban J connectivity index is 1.97. The minimum absolute atomic E-state index is 0.393. The SMILES string of the molecule is Cc1nc(N)nc2c1CCC(c1ccccc1Br)C2. The van der Waals surface area contributed by atoms with Crippen LogP contribution in [0.3, 0.4) is 0 Å². The molecule has 0 saturated heterocycles. The van der Waals surface area contributed by atoms with Crippen molar-refractivity contribution in [1.29, 1.82) is 0 Å². The zero-order valence-corrected chi connectivity index (χ0v) is 12.4. The summed E-state index contributed by atoms with van der Waals surface area (Å²) in [6.45, 7) is 2.02. The Morgan fingerprint density at radius 3 is 2.84 bits per heavy atom. The number of benzene rings is 1. The third-order valence-corrected chi connectivity index (χ3v) is 4.57. The molecule has 0 radical (unpaired) electrons. The molecule has 0 amide bonds. The number of nitrogen functional groups attached to an aromatic ring is 1. The normalized spacial score (nSPS) is 18.1. The molecule has 0 fully saturated rings. The molecule has 1 unspecified atom stereocenters. The molecular formula is C15H16BrN3. The summed E-state index contributed by atoms with van der Waals surface area (Å²) in [6.07, 6.45) is 3.13. The fourth-order valence-electron chi connectivity index (χ4n) is 2.90. The molecule has 1 aliphatic carbocycles. The van der Waals surface area contributed by atoms with E-state index in [1.807, 2.05) is 6.92 Å². The maximum Gasteiger partial charge on any atom is 0.220 e. The van der Waals surface area contributed by atoms with Gasteiger partial charge in [-0.25, -0.2) is 9.97 Å². The summed E-state index contributed by atoms with van der Waals surface area (Å²) in [7, 11) is 0. The molecule has 1 aliphatic rings. The third kappa shape index (κ3) is 2.37. The van der Waals surface area contributed by atoms with E-state index in [0.29, 0.717) is 11.9 Å². The van der Waals surface area contributed by atoms with Crippen LogP contribution >= 0.6 is 15.9 Å². The number of aryl methyl sites for hydroxylation is 1. The Morgan fingerprint density at radius 2 is 2.05 bits per heavy atom. The molecule has 4 heteroatoms. The molecule has 1 aromatic carbocycles. The average Bonchev–Trinajstić information content (AvgIpc) is 2.38. The lowest BCUT2D eigenvalue weighted by Gasteiger charge is -2.25. The van der Waals surface area contributed by atoms with E-state index in [-0.39, 0.29) is 0 Å². The van der Waals surface area contributed by atoms with E-state index < -0.39 is 0 Å². The van der Waals surface area contributed by atoms with Crippen LogP contribution in [0.4, 0.5) is 5.95 Å². The van der Waals surface area contributed by atoms with E-state index in [9.17, 15) is 0 Å². The molecule has 0 spiro atoms. The molecule has 0 saturated carbocycles. The van der Waals surface area contributed by atoms with Gasteiger partial charge in [0.1, 0.15) is 0 Å². The van der Waals surface area contributed by atoms with E-state index in [1.54, 1.807) is 0 Å². The first-order valence-corrected chi connectivity index (χ1v) is 7.30. The van der Waals surface area contributed by atoms with Gasteiger partial charge in [0.15, 0.2) is 0 Å². The van der Waals surface area contributed by atoms with Gasteiger partial charge < -0.3 is 5.73 Å². The lowest BCUT2D eigenvalue weighted by molar-refractivity contribution is 0.566. The fourth-order valence-corrected chi connectivity index (χ4v) is 3.51. The van der Waals surface area contributed by atoms with E-state index >= 15 is 0 Å². The zero-order valence-electron chi connectivity index (χ0n) is 10.9. The van der Waals surface area contributed by atoms with Gasteiger partial charge in [-0.15, -0.1) is 0 Å². The molecule has 1 heterocycles. The van der Waals surface area contributed by atoms with Crippen molar-refractivity contribution in [1.82, 2.24) is 9.97 Å². The third-order valence-electron chi connectivity index (χ3n) is 3.84. The number of hydrogen-bond acceptors (Lipinski definition) is 3. The van der Waals surface area contributed by atoms with Crippen LogP contribution in [-0.2, 0) is 12.8 Å². The highest BCUT2D eigenvalue weighted by molar-refractivity contribution is 9.10. The lowest BCUT2D eigenvalue weighted by atomic mass is 9.82. The zero-order chi connectivity index (χ0) is 13.4. The summed E-state index contributed by atoms with van der Waals surface area (Å²) < 4.78 is 1.18. The largest absolute Gasteiger partial charge is 0.368 e. The van der Waals surface area contributed by atoms with Gasteiger partial charge in [-0.05, 0) is 49.3 Å². The summed E-state index contributed by atoms with van der Waals surface area (Å²) >= 11 is 3.64. The molecule has 2 aromatic rings. The molecule has 1 atom stereocenters. The maximum absolute atomic E-state index is 5.77. The van der Waals surface area contributed by atoms with Crippen LogP contribution in [0.15, 0.2) is 28.7 Å². The molecule has 0 aliphatic heterocycles. The van der Waals surface area contributed by atoms with E-state index in [2.05, 4.69) is 50.2 Å². The molecular weight excluding hydrogens is 302 g/mol. The summed E-state index contributed by atoms with van der Waals surface area (Å²) in [6, 6.07) is 8.44. The van der Waals surface area contributed by atoms with Crippen molar-refractivity contribution < 1.29 is 0 Å². The highest BCUT2D eigenvalue weighted by atomic mass is 79.9. The van der Waals surface area contributed by atoms with Crippen molar-refractivity contribution in [3.05, 3.63) is 51.3 Å². The number of aromatic nitrogens is 2. The van der Waals surface area contributed by atoms with E-state index in [1.165, 1.54) is 15.6 Å². The van der Waals surface area contributed by atoms with Gasteiger partial charge in [-0.1, -0.05) is 34.1 Å². The predicted molar refractivity (Wildman–Crippen MR) is 80.1 cm³/mol. The second kappa shape index (κ2) is 4.93. The molecule has 2 N–H and O–H groups in total. The second-order valence-electron chi connectivity index (χ2n) is 5.05. The van der Waals surface area contributed by atoms with Gasteiger partial charge in [-0.2, -0.15) is 0 Å². The molecule has 3 rings (SSSR count). The Labute approximate surface area is 121 Å². The number of fused-ring (bicyclic) bond motifs is 1. The van der Waals surface area contributed by atoms with Crippen LogP contribution < -0.4 is 5.73 Å². The first kappa shape index (κ1) is 12.6. The van der Waals surface area contributed by atoms with Gasteiger partial charge in [0, 0.05) is 10.2 Å². The number of nitrogens with two attached hydrogens (primary N) is 1. The van der Waals surface area contributed by atoms with Crippen molar-refractivity contribution in [2.75, 3.05) is 5.73 Å². The summed E-state index contributed by atoms with van der Waals surface area (Å²) in [5.74, 6) is 0.904. The lowest BCUT2D eigenvalue weighted by Crippen LogP contribution is -2.18.